The number of halogens is 5. The minimum absolute atomic E-state index is 0.0134. The third kappa shape index (κ3) is 3.48. The van der Waals surface area contributed by atoms with Crippen molar-refractivity contribution in [3.8, 4) is 11.4 Å². The summed E-state index contributed by atoms with van der Waals surface area (Å²) in [5.41, 5.74) is -1.26. The van der Waals surface area contributed by atoms with Gasteiger partial charge in [0.15, 0.2) is 11.6 Å². The molecule has 0 unspecified atom stereocenters. The molecule has 4 aliphatic carbocycles. The first kappa shape index (κ1) is 22.6. The summed E-state index contributed by atoms with van der Waals surface area (Å²) in [7, 11) is 1.73. The minimum atomic E-state index is -4.49. The third-order valence-electron chi connectivity index (χ3n) is 8.42. The number of nitrogens with zero attached hydrogens (tertiary/aromatic N) is 5. The molecule has 2 heterocycles. The van der Waals surface area contributed by atoms with Crippen LogP contribution in [0.1, 0.15) is 80.4 Å². The van der Waals surface area contributed by atoms with Gasteiger partial charge in [0.1, 0.15) is 5.82 Å². The van der Waals surface area contributed by atoms with E-state index in [4.69, 9.17) is 4.52 Å². The van der Waals surface area contributed by atoms with Gasteiger partial charge in [-0.2, -0.15) is 18.2 Å². The highest BCUT2D eigenvalue weighted by Crippen LogP contribution is 2.58. The first-order valence-electron chi connectivity index (χ1n) is 11.8. The highest BCUT2D eigenvalue weighted by atomic mass is 19.4. The molecule has 0 amide bonds. The van der Waals surface area contributed by atoms with Crippen LogP contribution in [0.4, 0.5) is 22.0 Å². The second kappa shape index (κ2) is 7.33. The molecule has 35 heavy (non-hydrogen) atoms. The van der Waals surface area contributed by atoms with Gasteiger partial charge in [-0.05, 0) is 44.6 Å². The van der Waals surface area contributed by atoms with Crippen LogP contribution in [0.3, 0.4) is 0 Å². The van der Waals surface area contributed by atoms with Gasteiger partial charge in [-0.1, -0.05) is 23.4 Å². The first-order valence-corrected chi connectivity index (χ1v) is 11.8. The second-order valence-electron chi connectivity index (χ2n) is 10.4. The van der Waals surface area contributed by atoms with Gasteiger partial charge in [0, 0.05) is 42.2 Å². The molecule has 0 radical (unpaired) electrons. The molecule has 0 N–H and O–H groups in total. The summed E-state index contributed by atoms with van der Waals surface area (Å²) >= 11 is 0. The summed E-state index contributed by atoms with van der Waals surface area (Å²) in [6.07, 6.45) is -0.374. The molecular weight excluding hydrogens is 469 g/mol. The van der Waals surface area contributed by atoms with Gasteiger partial charge in [-0.15, -0.1) is 10.2 Å². The molecule has 4 aliphatic rings. The van der Waals surface area contributed by atoms with E-state index >= 15 is 0 Å². The lowest BCUT2D eigenvalue weighted by atomic mass is 9.53. The standard InChI is InChI=1S/C24H24F5N5O/c1-34-17(15-4-2-3-5-16(15)24(27,28)29)31-32-20(34)22-9-6-21(7-10-22,8-11-22)19-30-18(35-33-19)14-12-23(25,26)13-14/h2-5,14H,6-13H2,1H3. The number of alkyl halides is 5. The molecule has 3 aromatic rings. The smallest absolute Gasteiger partial charge is 0.339 e. The van der Waals surface area contributed by atoms with Crippen molar-refractivity contribution in [3.63, 3.8) is 0 Å². The fourth-order valence-electron chi connectivity index (χ4n) is 6.26. The van der Waals surface area contributed by atoms with Gasteiger partial charge in [0.05, 0.1) is 5.56 Å². The number of hydrogen-bond donors (Lipinski definition) is 0. The number of hydrogen-bond acceptors (Lipinski definition) is 5. The summed E-state index contributed by atoms with van der Waals surface area (Å²) < 4.78 is 74.3. The van der Waals surface area contributed by atoms with Crippen molar-refractivity contribution in [3.05, 3.63) is 47.4 Å². The van der Waals surface area contributed by atoms with E-state index in [9.17, 15) is 22.0 Å². The van der Waals surface area contributed by atoms with E-state index in [0.29, 0.717) is 17.5 Å². The van der Waals surface area contributed by atoms with E-state index in [-0.39, 0.29) is 41.0 Å². The Morgan fingerprint density at radius 1 is 0.943 bits per heavy atom. The molecule has 186 valence electrons. The number of fused-ring (bicyclic) bond motifs is 3. The van der Waals surface area contributed by atoms with Crippen LogP contribution in [-0.4, -0.2) is 30.8 Å². The van der Waals surface area contributed by atoms with E-state index in [1.165, 1.54) is 12.1 Å². The zero-order chi connectivity index (χ0) is 24.6. The zero-order valence-corrected chi connectivity index (χ0v) is 19.1. The van der Waals surface area contributed by atoms with Gasteiger partial charge < -0.3 is 9.09 Å². The molecule has 11 heteroatoms. The molecule has 6 nitrogen and oxygen atoms in total. The van der Waals surface area contributed by atoms with Crippen LogP contribution < -0.4 is 0 Å². The molecule has 2 bridgehead atoms. The van der Waals surface area contributed by atoms with Crippen LogP contribution in [0.2, 0.25) is 0 Å². The summed E-state index contributed by atoms with van der Waals surface area (Å²) in [6.45, 7) is 0. The summed E-state index contributed by atoms with van der Waals surface area (Å²) in [5, 5.41) is 12.7. The Labute approximate surface area is 197 Å². The van der Waals surface area contributed by atoms with Crippen LogP contribution in [0.5, 0.6) is 0 Å². The molecule has 0 saturated heterocycles. The summed E-state index contributed by atoms with van der Waals surface area (Å²) in [6, 6.07) is 5.41. The van der Waals surface area contributed by atoms with Gasteiger partial charge in [-0.3, -0.25) is 0 Å². The van der Waals surface area contributed by atoms with Crippen LogP contribution >= 0.6 is 0 Å². The van der Waals surface area contributed by atoms with Crippen LogP contribution in [0.25, 0.3) is 11.4 Å². The number of rotatable bonds is 4. The number of benzene rings is 1. The average Bonchev–Trinajstić information content (AvgIpc) is 3.46. The van der Waals surface area contributed by atoms with E-state index in [1.54, 1.807) is 17.7 Å². The normalized spacial score (nSPS) is 28.3. The van der Waals surface area contributed by atoms with E-state index in [2.05, 4.69) is 20.3 Å². The Kier molecular flexibility index (Phi) is 4.73. The SMILES string of the molecule is Cn1c(-c2ccccc2C(F)(F)F)nnc1C12CCC(c3noc(C4CC(F)(F)C4)n3)(CC1)CC2. The van der Waals surface area contributed by atoms with E-state index < -0.39 is 17.7 Å². The Morgan fingerprint density at radius 2 is 1.57 bits per heavy atom. The largest absolute Gasteiger partial charge is 0.417 e. The maximum atomic E-state index is 13.6. The predicted octanol–water partition coefficient (Wildman–Crippen LogP) is 5.94. The zero-order valence-electron chi connectivity index (χ0n) is 19.1. The van der Waals surface area contributed by atoms with Crippen molar-refractivity contribution in [2.75, 3.05) is 0 Å². The van der Waals surface area contributed by atoms with Gasteiger partial charge in [0.25, 0.3) is 0 Å². The maximum absolute atomic E-state index is 13.6. The molecule has 4 fully saturated rings. The third-order valence-corrected chi connectivity index (χ3v) is 8.42. The van der Waals surface area contributed by atoms with Crippen molar-refractivity contribution < 1.29 is 26.5 Å². The van der Waals surface area contributed by atoms with E-state index in [0.717, 1.165) is 44.6 Å². The maximum Gasteiger partial charge on any atom is 0.417 e. The first-order chi connectivity index (χ1) is 16.5. The second-order valence-corrected chi connectivity index (χ2v) is 10.4. The lowest BCUT2D eigenvalue weighted by molar-refractivity contribution is -0.137. The van der Waals surface area contributed by atoms with Crippen molar-refractivity contribution >= 4 is 0 Å². The molecule has 7 rings (SSSR count). The Hall–Kier alpha value is -2.85. The fourth-order valence-corrected chi connectivity index (χ4v) is 6.26. The van der Waals surface area contributed by atoms with Crippen LogP contribution in [0.15, 0.2) is 28.8 Å². The molecule has 0 spiro atoms. The van der Waals surface area contributed by atoms with E-state index in [1.807, 2.05) is 0 Å². The van der Waals surface area contributed by atoms with Crippen LogP contribution in [-0.2, 0) is 24.1 Å². The Balaban J connectivity index is 1.24. The Morgan fingerprint density at radius 3 is 2.20 bits per heavy atom. The summed E-state index contributed by atoms with van der Waals surface area (Å²) in [5.74, 6) is -1.25. The molecule has 2 aromatic heterocycles. The van der Waals surface area contributed by atoms with Gasteiger partial charge in [-0.25, -0.2) is 8.78 Å². The van der Waals surface area contributed by atoms with Gasteiger partial charge >= 0.3 is 6.18 Å². The lowest BCUT2D eigenvalue weighted by Crippen LogP contribution is -2.48. The van der Waals surface area contributed by atoms with Crippen LogP contribution in [0, 0.1) is 0 Å². The predicted molar refractivity (Wildman–Crippen MR) is 114 cm³/mol. The van der Waals surface area contributed by atoms with Gasteiger partial charge in [0.2, 0.25) is 11.8 Å². The molecule has 4 saturated carbocycles. The molecular formula is C24H24F5N5O. The highest BCUT2D eigenvalue weighted by molar-refractivity contribution is 5.61. The fraction of sp³-hybridized carbons (Fsp3) is 0.583. The Bertz CT molecular complexity index is 1250. The van der Waals surface area contributed by atoms with Crippen molar-refractivity contribution in [1.82, 2.24) is 24.9 Å². The van der Waals surface area contributed by atoms with Crippen molar-refractivity contribution in [2.24, 2.45) is 7.05 Å². The highest BCUT2D eigenvalue weighted by Gasteiger charge is 2.55. The topological polar surface area (TPSA) is 69.6 Å². The summed E-state index contributed by atoms with van der Waals surface area (Å²) in [4.78, 5) is 4.53. The van der Waals surface area contributed by atoms with Crippen molar-refractivity contribution in [1.29, 1.82) is 0 Å². The minimum Gasteiger partial charge on any atom is -0.339 e. The monoisotopic (exact) mass is 493 g/mol. The quantitative estimate of drug-likeness (QED) is 0.421. The molecule has 0 atom stereocenters. The number of aromatic nitrogens is 5. The molecule has 0 aliphatic heterocycles. The van der Waals surface area contributed by atoms with Crippen molar-refractivity contribution in [2.45, 2.75) is 80.2 Å². The lowest BCUT2D eigenvalue weighted by Gasteiger charge is -2.51. The average molecular weight is 493 g/mol. The molecule has 1 aromatic carbocycles.